The first kappa shape index (κ1) is 26.0. The first-order valence-corrected chi connectivity index (χ1v) is 11.1. The highest BCUT2D eigenvalue weighted by Crippen LogP contribution is 2.40. The summed E-state index contributed by atoms with van der Waals surface area (Å²) < 4.78 is 20.3. The van der Waals surface area contributed by atoms with E-state index in [1.807, 2.05) is 6.07 Å². The molecule has 188 valence electrons. The van der Waals surface area contributed by atoms with Crippen molar-refractivity contribution in [3.8, 4) is 23.3 Å². The average Bonchev–Trinajstić information content (AvgIpc) is 3.16. The number of ketones is 1. The summed E-state index contributed by atoms with van der Waals surface area (Å²) in [6.45, 7) is 2.18. The Morgan fingerprint density at radius 2 is 1.69 bits per heavy atom. The Hall–Kier alpha value is -4.59. The van der Waals surface area contributed by atoms with Crippen molar-refractivity contribution in [1.82, 2.24) is 4.90 Å². The molecule has 11 nitrogen and oxygen atoms in total. The summed E-state index contributed by atoms with van der Waals surface area (Å²) in [5.41, 5.74) is 1.23. The molecule has 36 heavy (non-hydrogen) atoms. The van der Waals surface area contributed by atoms with Gasteiger partial charge in [-0.15, -0.1) is 0 Å². The molecule has 2 aromatic rings. The van der Waals surface area contributed by atoms with Gasteiger partial charge >= 0.3 is 11.9 Å². The predicted molar refractivity (Wildman–Crippen MR) is 123 cm³/mol. The van der Waals surface area contributed by atoms with E-state index in [1.165, 1.54) is 29.2 Å². The van der Waals surface area contributed by atoms with Crippen LogP contribution in [0.25, 0.3) is 0 Å². The van der Waals surface area contributed by atoms with E-state index in [4.69, 9.17) is 24.2 Å². The number of rotatable bonds is 11. The molecule has 3 rings (SSSR count). The van der Waals surface area contributed by atoms with Crippen LogP contribution in [0.5, 0.6) is 17.2 Å². The minimum atomic E-state index is -0.720. The number of aromatic hydroxyl groups is 1. The van der Waals surface area contributed by atoms with Gasteiger partial charge in [0.25, 0.3) is 5.91 Å². The Balaban J connectivity index is 1.81. The third-order valence-corrected chi connectivity index (χ3v) is 5.13. The minimum absolute atomic E-state index is 0.102. The number of hydrogen-bond acceptors (Lipinski definition) is 10. The molecule has 0 unspecified atom stereocenters. The summed E-state index contributed by atoms with van der Waals surface area (Å²) in [4.78, 5) is 50.4. The lowest BCUT2D eigenvalue weighted by Crippen LogP contribution is -2.30. The number of fused-ring (bicyclic) bond motifs is 1. The van der Waals surface area contributed by atoms with Crippen molar-refractivity contribution in [3.63, 3.8) is 0 Å². The molecule has 0 fully saturated rings. The van der Waals surface area contributed by atoms with Gasteiger partial charge in [-0.25, -0.2) is 9.59 Å². The summed E-state index contributed by atoms with van der Waals surface area (Å²) in [5.74, 6) is -3.44. The van der Waals surface area contributed by atoms with Gasteiger partial charge < -0.3 is 29.0 Å². The Morgan fingerprint density at radius 1 is 1.03 bits per heavy atom. The molecule has 11 heteroatoms. The Labute approximate surface area is 206 Å². The highest BCUT2D eigenvalue weighted by Gasteiger charge is 2.31. The molecule has 1 N–H and O–H groups in total. The van der Waals surface area contributed by atoms with E-state index in [9.17, 15) is 24.3 Å². The third kappa shape index (κ3) is 5.90. The molecule has 0 saturated carbocycles. The maximum atomic E-state index is 13.0. The average molecular weight is 496 g/mol. The van der Waals surface area contributed by atoms with Crippen LogP contribution in [0, 0.1) is 11.3 Å². The number of Topliss-reactive ketones (excluding diaryl/α,β-unsaturated/α-hetero) is 1. The molecule has 1 amide bonds. The molecule has 0 saturated heterocycles. The van der Waals surface area contributed by atoms with Crippen molar-refractivity contribution < 1.29 is 43.2 Å². The summed E-state index contributed by atoms with van der Waals surface area (Å²) >= 11 is 0. The quantitative estimate of drug-likeness (QED) is 0.361. The smallest absolute Gasteiger partial charge is 0.344 e. The lowest BCUT2D eigenvalue weighted by Gasteiger charge is -2.18. The molecule has 0 atom stereocenters. The fourth-order valence-corrected chi connectivity index (χ4v) is 3.54. The van der Waals surface area contributed by atoms with Gasteiger partial charge in [-0.3, -0.25) is 9.59 Å². The van der Waals surface area contributed by atoms with Crippen molar-refractivity contribution in [1.29, 1.82) is 5.26 Å². The van der Waals surface area contributed by atoms with Crippen molar-refractivity contribution >= 4 is 23.6 Å². The van der Waals surface area contributed by atoms with E-state index >= 15 is 0 Å². The number of nitrogens with zero attached hydrogens (tertiary/aromatic N) is 2. The zero-order valence-corrected chi connectivity index (χ0v) is 19.7. The molecule has 0 aromatic heterocycles. The van der Waals surface area contributed by atoms with Crippen molar-refractivity contribution in [2.24, 2.45) is 0 Å². The Kier molecular flexibility index (Phi) is 8.46. The number of hydrogen-bond donors (Lipinski definition) is 1. The van der Waals surface area contributed by atoms with Crippen molar-refractivity contribution in [2.45, 2.75) is 20.4 Å². The number of carbonyl (C=O) groups is 4. The van der Waals surface area contributed by atoms with E-state index < -0.39 is 36.7 Å². The van der Waals surface area contributed by atoms with Crippen LogP contribution in [0.2, 0.25) is 0 Å². The number of amides is 1. The molecular formula is C25H24N2O9. The number of benzene rings is 2. The SMILES string of the molecule is CCOC(=O)COc1ccc(C(=O)CN2Cc3cc(C#N)ccc3C2=O)c(O)c1OCC(=O)OCC. The van der Waals surface area contributed by atoms with E-state index in [0.29, 0.717) is 16.7 Å². The van der Waals surface area contributed by atoms with Crippen LogP contribution in [-0.4, -0.2) is 66.6 Å². The Morgan fingerprint density at radius 3 is 2.33 bits per heavy atom. The standard InChI is InChI=1S/C25H24N2O9/c1-3-33-21(29)13-35-20-8-7-18(23(31)24(20)36-14-22(30)34-4-2)19(28)12-27-11-16-9-15(10-26)5-6-17(16)25(27)32/h5-9,31H,3-4,11-14H2,1-2H3. The van der Waals surface area contributed by atoms with Gasteiger partial charge in [-0.05, 0) is 49.7 Å². The number of esters is 2. The van der Waals surface area contributed by atoms with Crippen LogP contribution in [0.3, 0.4) is 0 Å². The van der Waals surface area contributed by atoms with E-state index in [-0.39, 0.29) is 49.3 Å². The largest absolute Gasteiger partial charge is 0.504 e. The van der Waals surface area contributed by atoms with E-state index in [1.54, 1.807) is 19.9 Å². The fourth-order valence-electron chi connectivity index (χ4n) is 3.54. The molecule has 0 radical (unpaired) electrons. The molecule has 1 aliphatic rings. The van der Waals surface area contributed by atoms with Crippen LogP contribution in [0.15, 0.2) is 30.3 Å². The molecule has 1 heterocycles. The number of phenolic OH excluding ortho intramolecular Hbond substituents is 1. The molecule has 2 aromatic carbocycles. The van der Waals surface area contributed by atoms with Crippen LogP contribution in [0.1, 0.15) is 45.7 Å². The summed E-state index contributed by atoms with van der Waals surface area (Å²) in [6.07, 6.45) is 0. The first-order chi connectivity index (χ1) is 17.3. The first-order valence-electron chi connectivity index (χ1n) is 11.1. The zero-order valence-electron chi connectivity index (χ0n) is 19.7. The predicted octanol–water partition coefficient (Wildman–Crippen LogP) is 1.99. The molecule has 1 aliphatic heterocycles. The van der Waals surface area contributed by atoms with Gasteiger partial charge in [0.05, 0.1) is 37.0 Å². The van der Waals surface area contributed by atoms with Gasteiger partial charge in [-0.2, -0.15) is 5.26 Å². The van der Waals surface area contributed by atoms with Gasteiger partial charge in [0, 0.05) is 12.1 Å². The topological polar surface area (TPSA) is 152 Å². The maximum Gasteiger partial charge on any atom is 0.344 e. The Bertz CT molecular complexity index is 1230. The van der Waals surface area contributed by atoms with Crippen molar-refractivity contribution in [2.75, 3.05) is 33.0 Å². The normalized spacial score (nSPS) is 11.9. The zero-order chi connectivity index (χ0) is 26.2. The van der Waals surface area contributed by atoms with Crippen molar-refractivity contribution in [3.05, 3.63) is 52.6 Å². The second-order valence-electron chi connectivity index (χ2n) is 7.54. The molecular weight excluding hydrogens is 472 g/mol. The highest BCUT2D eigenvalue weighted by molar-refractivity contribution is 6.05. The van der Waals surface area contributed by atoms with Gasteiger partial charge in [0.1, 0.15) is 0 Å². The number of ether oxygens (including phenoxy) is 4. The number of carbonyl (C=O) groups excluding carboxylic acids is 4. The lowest BCUT2D eigenvalue weighted by atomic mass is 10.1. The second kappa shape index (κ2) is 11.7. The summed E-state index contributed by atoms with van der Waals surface area (Å²) in [6, 6.07) is 9.22. The minimum Gasteiger partial charge on any atom is -0.504 e. The van der Waals surface area contributed by atoms with E-state index in [2.05, 4.69) is 0 Å². The number of phenols is 1. The highest BCUT2D eigenvalue weighted by atomic mass is 16.6. The van der Waals surface area contributed by atoms with Gasteiger partial charge in [0.15, 0.2) is 30.5 Å². The van der Waals surface area contributed by atoms with Gasteiger partial charge in [-0.1, -0.05) is 0 Å². The summed E-state index contributed by atoms with van der Waals surface area (Å²) in [5, 5.41) is 19.9. The molecule has 0 aliphatic carbocycles. The van der Waals surface area contributed by atoms with Gasteiger partial charge in [0.2, 0.25) is 5.75 Å². The van der Waals surface area contributed by atoms with Crippen LogP contribution >= 0.6 is 0 Å². The number of nitriles is 1. The molecule has 0 bridgehead atoms. The van der Waals surface area contributed by atoms with Crippen LogP contribution in [0.4, 0.5) is 0 Å². The van der Waals surface area contributed by atoms with E-state index in [0.717, 1.165) is 0 Å². The third-order valence-electron chi connectivity index (χ3n) is 5.13. The molecule has 0 spiro atoms. The second-order valence-corrected chi connectivity index (χ2v) is 7.54. The fraction of sp³-hybridized carbons (Fsp3) is 0.320. The van der Waals surface area contributed by atoms with Crippen LogP contribution < -0.4 is 9.47 Å². The monoisotopic (exact) mass is 496 g/mol. The summed E-state index contributed by atoms with van der Waals surface area (Å²) in [7, 11) is 0. The maximum absolute atomic E-state index is 13.0. The lowest BCUT2D eigenvalue weighted by molar-refractivity contribution is -0.146. The van der Waals surface area contributed by atoms with Crippen LogP contribution in [-0.2, 0) is 25.6 Å².